The van der Waals surface area contributed by atoms with Gasteiger partial charge in [-0.2, -0.15) is 5.10 Å². The van der Waals surface area contributed by atoms with Crippen LogP contribution in [-0.2, 0) is 16.1 Å². The van der Waals surface area contributed by atoms with E-state index in [1.165, 1.54) is 24.1 Å². The molecule has 2 heterocycles. The number of fused-ring (bicyclic) bond motifs is 1. The van der Waals surface area contributed by atoms with Crippen molar-refractivity contribution < 1.29 is 19.4 Å². The highest BCUT2D eigenvalue weighted by atomic mass is 16.5. The molecule has 2 rings (SSSR count). The number of carbonyl (C=O) groups is 2. The zero-order chi connectivity index (χ0) is 14.0. The zero-order valence-electron chi connectivity index (χ0n) is 10.0. The summed E-state index contributed by atoms with van der Waals surface area (Å²) in [6.45, 7) is 0.139. The third kappa shape index (κ3) is 2.46. The first kappa shape index (κ1) is 12.8. The van der Waals surface area contributed by atoms with E-state index in [2.05, 4.69) is 14.9 Å². The summed E-state index contributed by atoms with van der Waals surface area (Å²) in [6.07, 6.45) is 2.75. The zero-order valence-corrected chi connectivity index (χ0v) is 10.0. The molecule has 0 aromatic heterocycles. The lowest BCUT2D eigenvalue weighted by Crippen LogP contribution is -2.13. The first-order valence-corrected chi connectivity index (χ1v) is 5.41. The standard InChI is InChI=1S/C11H11N3O5/c1-19-11(18)7-5-14(3-2-8(15)16)4-6-9(7)12-13-10(6)17/h4-5H,2-3H2,1H3,(H,13,17)(H,15,16). The van der Waals surface area contributed by atoms with Crippen molar-refractivity contribution in [3.63, 3.8) is 0 Å². The van der Waals surface area contributed by atoms with Crippen molar-refractivity contribution >= 4 is 11.9 Å². The van der Waals surface area contributed by atoms with Crippen molar-refractivity contribution in [2.24, 2.45) is 0 Å². The van der Waals surface area contributed by atoms with Crippen molar-refractivity contribution in [2.75, 3.05) is 7.11 Å². The second-order valence-electron chi connectivity index (χ2n) is 3.86. The molecule has 0 fully saturated rings. The average molecular weight is 265 g/mol. The predicted octanol–water partition coefficient (Wildman–Crippen LogP) is -0.0625. The molecule has 0 bridgehead atoms. The quantitative estimate of drug-likeness (QED) is 0.748. The Morgan fingerprint density at radius 3 is 2.84 bits per heavy atom. The van der Waals surface area contributed by atoms with Crippen molar-refractivity contribution in [3.05, 3.63) is 28.3 Å². The molecule has 19 heavy (non-hydrogen) atoms. The molecule has 0 radical (unpaired) electrons. The molecule has 2 aliphatic heterocycles. The molecule has 0 saturated carbocycles. The number of nitrogens with zero attached hydrogens (tertiary/aromatic N) is 2. The van der Waals surface area contributed by atoms with Crippen LogP contribution in [0.25, 0.3) is 11.3 Å². The van der Waals surface area contributed by atoms with Gasteiger partial charge in [0.15, 0.2) is 0 Å². The number of aromatic amines is 1. The van der Waals surface area contributed by atoms with E-state index in [1.807, 2.05) is 0 Å². The minimum Gasteiger partial charge on any atom is -0.481 e. The number of carbonyl (C=O) groups excluding carboxylic acids is 1. The van der Waals surface area contributed by atoms with Gasteiger partial charge < -0.3 is 14.4 Å². The maximum atomic E-state index is 11.6. The van der Waals surface area contributed by atoms with Gasteiger partial charge in [0.2, 0.25) is 0 Å². The van der Waals surface area contributed by atoms with E-state index < -0.39 is 17.5 Å². The Kier molecular flexibility index (Phi) is 3.32. The second-order valence-corrected chi connectivity index (χ2v) is 3.86. The lowest BCUT2D eigenvalue weighted by atomic mass is 10.1. The van der Waals surface area contributed by atoms with Crippen LogP contribution in [0.4, 0.5) is 0 Å². The fraction of sp³-hybridized carbons (Fsp3) is 0.273. The van der Waals surface area contributed by atoms with E-state index >= 15 is 0 Å². The number of ether oxygens (including phenoxy) is 1. The molecule has 0 spiro atoms. The third-order valence-corrected chi connectivity index (χ3v) is 2.60. The van der Waals surface area contributed by atoms with Crippen molar-refractivity contribution in [3.8, 4) is 11.3 Å². The molecule has 0 aliphatic carbocycles. The second kappa shape index (κ2) is 4.92. The summed E-state index contributed by atoms with van der Waals surface area (Å²) in [5, 5.41) is 14.6. The molecule has 0 aromatic rings. The van der Waals surface area contributed by atoms with Gasteiger partial charge in [-0.25, -0.2) is 9.89 Å². The number of hydrogen-bond acceptors (Lipinski definition) is 5. The lowest BCUT2D eigenvalue weighted by molar-refractivity contribution is -0.137. The molecular formula is C11H11N3O5. The Morgan fingerprint density at radius 1 is 1.47 bits per heavy atom. The molecule has 100 valence electrons. The number of esters is 1. The molecule has 0 atom stereocenters. The number of nitrogens with one attached hydrogen (secondary N) is 1. The molecule has 8 heteroatoms. The van der Waals surface area contributed by atoms with E-state index in [-0.39, 0.29) is 29.8 Å². The summed E-state index contributed by atoms with van der Waals surface area (Å²) in [4.78, 5) is 33.7. The van der Waals surface area contributed by atoms with E-state index in [4.69, 9.17) is 5.11 Å². The topological polar surface area (TPSA) is 114 Å². The van der Waals surface area contributed by atoms with Crippen molar-refractivity contribution in [2.45, 2.75) is 13.0 Å². The van der Waals surface area contributed by atoms with E-state index in [0.717, 1.165) is 0 Å². The highest BCUT2D eigenvalue weighted by Crippen LogP contribution is 2.20. The SMILES string of the molecule is COC(=O)c1cn(CCC(=O)O)cc2c(=O)[nH]nc1-2. The van der Waals surface area contributed by atoms with Crippen molar-refractivity contribution in [1.82, 2.24) is 14.8 Å². The lowest BCUT2D eigenvalue weighted by Gasteiger charge is -2.10. The number of H-pyrrole nitrogens is 1. The van der Waals surface area contributed by atoms with Crippen LogP contribution >= 0.6 is 0 Å². The molecule has 0 aromatic carbocycles. The van der Waals surface area contributed by atoms with Crippen LogP contribution in [-0.4, -0.2) is 38.9 Å². The number of aryl methyl sites for hydroxylation is 1. The molecule has 0 saturated heterocycles. The van der Waals surface area contributed by atoms with Gasteiger partial charge in [-0.15, -0.1) is 0 Å². The molecule has 2 aliphatic rings. The van der Waals surface area contributed by atoms with E-state index in [9.17, 15) is 14.4 Å². The Morgan fingerprint density at radius 2 is 2.21 bits per heavy atom. The Hall–Kier alpha value is -2.64. The normalized spacial score (nSPS) is 10.6. The number of carboxylic acid groups (broad SMARTS) is 1. The number of aromatic nitrogens is 3. The maximum Gasteiger partial charge on any atom is 0.341 e. The summed E-state index contributed by atoms with van der Waals surface area (Å²) < 4.78 is 6.07. The van der Waals surface area contributed by atoms with Gasteiger partial charge in [-0.3, -0.25) is 9.59 Å². The number of pyridine rings is 1. The van der Waals surface area contributed by atoms with Gasteiger partial charge in [0, 0.05) is 18.9 Å². The van der Waals surface area contributed by atoms with Gasteiger partial charge in [-0.1, -0.05) is 0 Å². The van der Waals surface area contributed by atoms with Crippen LogP contribution in [0.1, 0.15) is 16.8 Å². The molecule has 2 N–H and O–H groups in total. The number of hydrogen-bond donors (Lipinski definition) is 2. The van der Waals surface area contributed by atoms with Crippen LogP contribution in [0, 0.1) is 0 Å². The first-order valence-electron chi connectivity index (χ1n) is 5.41. The molecular weight excluding hydrogens is 254 g/mol. The van der Waals surface area contributed by atoms with Gasteiger partial charge in [0.1, 0.15) is 11.3 Å². The van der Waals surface area contributed by atoms with Gasteiger partial charge >= 0.3 is 11.9 Å². The highest BCUT2D eigenvalue weighted by Gasteiger charge is 2.21. The van der Waals surface area contributed by atoms with Crippen LogP contribution in [0.2, 0.25) is 0 Å². The number of aliphatic carboxylic acids is 1. The average Bonchev–Trinajstić information content (AvgIpc) is 2.76. The number of methoxy groups -OCH3 is 1. The minimum atomic E-state index is -0.971. The van der Waals surface area contributed by atoms with E-state index in [1.54, 1.807) is 0 Å². The van der Waals surface area contributed by atoms with Gasteiger partial charge in [-0.05, 0) is 0 Å². The van der Waals surface area contributed by atoms with Crippen LogP contribution in [0.15, 0.2) is 17.2 Å². The first-order chi connectivity index (χ1) is 9.02. The largest absolute Gasteiger partial charge is 0.481 e. The van der Waals surface area contributed by atoms with Crippen LogP contribution in [0.5, 0.6) is 0 Å². The Bertz CT molecular complexity index is 657. The summed E-state index contributed by atoms with van der Waals surface area (Å²) in [5.41, 5.74) is 0.102. The predicted molar refractivity (Wildman–Crippen MR) is 63.1 cm³/mol. The summed E-state index contributed by atoms with van der Waals surface area (Å²) in [7, 11) is 1.22. The molecule has 0 unspecified atom stereocenters. The number of rotatable bonds is 4. The smallest absolute Gasteiger partial charge is 0.341 e. The molecule has 8 nitrogen and oxygen atoms in total. The maximum absolute atomic E-state index is 11.6. The fourth-order valence-electron chi connectivity index (χ4n) is 1.70. The van der Waals surface area contributed by atoms with Gasteiger partial charge in [0.05, 0.1) is 19.1 Å². The minimum absolute atomic E-state index is 0.115. The van der Waals surface area contributed by atoms with Gasteiger partial charge in [0.25, 0.3) is 5.56 Å². The fourth-order valence-corrected chi connectivity index (χ4v) is 1.70. The van der Waals surface area contributed by atoms with E-state index in [0.29, 0.717) is 0 Å². The summed E-state index contributed by atoms with van der Waals surface area (Å²) in [6, 6.07) is 0. The highest BCUT2D eigenvalue weighted by molar-refractivity contribution is 5.95. The Balaban J connectivity index is 2.50. The number of carboxylic acids is 1. The Labute approximate surface area is 107 Å². The monoisotopic (exact) mass is 265 g/mol. The van der Waals surface area contributed by atoms with Crippen molar-refractivity contribution in [1.29, 1.82) is 0 Å². The van der Waals surface area contributed by atoms with Crippen LogP contribution < -0.4 is 5.56 Å². The van der Waals surface area contributed by atoms with Crippen LogP contribution in [0.3, 0.4) is 0 Å². The third-order valence-electron chi connectivity index (χ3n) is 2.60. The summed E-state index contributed by atoms with van der Waals surface area (Å²) in [5.74, 6) is -1.61. The summed E-state index contributed by atoms with van der Waals surface area (Å²) >= 11 is 0. The molecule has 0 amide bonds.